The van der Waals surface area contributed by atoms with E-state index in [1.807, 2.05) is 38.1 Å². The number of carbonyl (C=O) groups is 2. The topological polar surface area (TPSA) is 64.6 Å². The van der Waals surface area contributed by atoms with Gasteiger partial charge in [0.1, 0.15) is 5.82 Å². The molecule has 156 valence electrons. The molecule has 1 aliphatic rings. The highest BCUT2D eigenvalue weighted by Crippen LogP contribution is 2.43. The molecule has 2 atom stereocenters. The van der Waals surface area contributed by atoms with E-state index < -0.39 is 29.6 Å². The van der Waals surface area contributed by atoms with Crippen LogP contribution in [0.15, 0.2) is 71.5 Å². The summed E-state index contributed by atoms with van der Waals surface area (Å²) in [4.78, 5) is 25.5. The molecule has 0 fully saturated rings. The summed E-state index contributed by atoms with van der Waals surface area (Å²) in [5.74, 6) is -2.88. The largest absolute Gasteiger partial charge is 0.469 e. The van der Waals surface area contributed by atoms with Crippen LogP contribution >= 0.6 is 0 Å². The number of halogens is 1. The van der Waals surface area contributed by atoms with E-state index in [1.54, 1.807) is 18.2 Å². The molecular weight excluding hydrogens is 385 g/mol. The number of carbonyl (C=O) groups excluding carboxylic acids is 2. The van der Waals surface area contributed by atoms with Gasteiger partial charge >= 0.3 is 11.9 Å². The van der Waals surface area contributed by atoms with Crippen molar-refractivity contribution >= 4 is 17.6 Å². The lowest BCUT2D eigenvalue weighted by Crippen LogP contribution is -2.33. The maximum Gasteiger partial charge on any atom is 0.336 e. The molecule has 6 heteroatoms. The van der Waals surface area contributed by atoms with Gasteiger partial charge in [-0.05, 0) is 49.8 Å². The van der Waals surface area contributed by atoms with E-state index in [-0.39, 0.29) is 5.57 Å². The van der Waals surface area contributed by atoms with Crippen molar-refractivity contribution < 1.29 is 23.5 Å². The van der Waals surface area contributed by atoms with Gasteiger partial charge in [0.25, 0.3) is 0 Å². The second-order valence-electron chi connectivity index (χ2n) is 7.23. The molecule has 30 heavy (non-hydrogen) atoms. The third kappa shape index (κ3) is 4.27. The van der Waals surface area contributed by atoms with Crippen molar-refractivity contribution in [3.63, 3.8) is 0 Å². The predicted octanol–water partition coefficient (Wildman–Crippen LogP) is 4.51. The number of ether oxygens (including phenoxy) is 2. The van der Waals surface area contributed by atoms with Crippen molar-refractivity contribution in [1.29, 1.82) is 0 Å². The molecule has 0 aromatic heterocycles. The van der Waals surface area contributed by atoms with Crippen LogP contribution in [-0.2, 0) is 19.1 Å². The summed E-state index contributed by atoms with van der Waals surface area (Å²) in [7, 11) is 2.60. The van der Waals surface area contributed by atoms with Gasteiger partial charge in [-0.3, -0.25) is 4.79 Å². The molecule has 0 bridgehead atoms. The zero-order valence-electron chi connectivity index (χ0n) is 17.4. The number of methoxy groups -OCH3 is 2. The van der Waals surface area contributed by atoms with Crippen molar-refractivity contribution in [2.24, 2.45) is 5.92 Å². The molecule has 0 saturated heterocycles. The Hall–Kier alpha value is -3.41. The second-order valence-corrected chi connectivity index (χ2v) is 7.23. The third-order valence-electron chi connectivity index (χ3n) is 5.22. The van der Waals surface area contributed by atoms with E-state index >= 15 is 0 Å². The van der Waals surface area contributed by atoms with E-state index in [1.165, 1.54) is 26.4 Å². The van der Waals surface area contributed by atoms with Crippen molar-refractivity contribution in [2.45, 2.75) is 19.8 Å². The lowest BCUT2D eigenvalue weighted by atomic mass is 9.73. The molecule has 0 spiro atoms. The second kappa shape index (κ2) is 8.95. The number of nitrogens with one attached hydrogen (secondary N) is 1. The van der Waals surface area contributed by atoms with E-state index in [0.29, 0.717) is 11.3 Å². The quantitative estimate of drug-likeness (QED) is 0.737. The van der Waals surface area contributed by atoms with Crippen LogP contribution in [0, 0.1) is 18.7 Å². The number of hydrogen-bond acceptors (Lipinski definition) is 5. The van der Waals surface area contributed by atoms with Crippen LogP contribution in [0.5, 0.6) is 0 Å². The van der Waals surface area contributed by atoms with Crippen LogP contribution in [0.25, 0.3) is 0 Å². The van der Waals surface area contributed by atoms with Gasteiger partial charge in [-0.25, -0.2) is 9.18 Å². The van der Waals surface area contributed by atoms with E-state index in [2.05, 4.69) is 5.32 Å². The monoisotopic (exact) mass is 409 g/mol. The van der Waals surface area contributed by atoms with Crippen molar-refractivity contribution in [3.05, 3.63) is 88.4 Å². The average molecular weight is 409 g/mol. The summed E-state index contributed by atoms with van der Waals surface area (Å²) >= 11 is 0. The SMILES string of the molecule is COC(=O)C1=C(Nc2ccc(C)cc2)C=C(C)[C@H](C(=O)OC)[C@H]1c1ccc(F)cc1. The maximum absolute atomic E-state index is 13.6. The highest BCUT2D eigenvalue weighted by molar-refractivity contribution is 5.95. The first kappa shape index (κ1) is 21.3. The minimum atomic E-state index is -0.738. The lowest BCUT2D eigenvalue weighted by molar-refractivity contribution is -0.144. The van der Waals surface area contributed by atoms with Gasteiger partial charge in [-0.1, -0.05) is 35.4 Å². The highest BCUT2D eigenvalue weighted by Gasteiger charge is 2.41. The van der Waals surface area contributed by atoms with Crippen LogP contribution in [0.1, 0.15) is 24.0 Å². The van der Waals surface area contributed by atoms with Crippen molar-refractivity contribution in [1.82, 2.24) is 0 Å². The van der Waals surface area contributed by atoms with Gasteiger partial charge in [-0.2, -0.15) is 0 Å². The smallest absolute Gasteiger partial charge is 0.336 e. The highest BCUT2D eigenvalue weighted by atomic mass is 19.1. The summed E-state index contributed by atoms with van der Waals surface area (Å²) in [5.41, 5.74) is 4.04. The average Bonchev–Trinajstić information content (AvgIpc) is 2.74. The molecule has 0 aliphatic heterocycles. The van der Waals surface area contributed by atoms with Gasteiger partial charge in [0, 0.05) is 17.3 Å². The van der Waals surface area contributed by atoms with Gasteiger partial charge in [0.15, 0.2) is 0 Å². The van der Waals surface area contributed by atoms with Crippen LogP contribution in [0.3, 0.4) is 0 Å². The van der Waals surface area contributed by atoms with Crippen molar-refractivity contribution in [3.8, 4) is 0 Å². The fourth-order valence-electron chi connectivity index (χ4n) is 3.71. The number of allylic oxidation sites excluding steroid dienone is 1. The van der Waals surface area contributed by atoms with Crippen molar-refractivity contribution in [2.75, 3.05) is 19.5 Å². The summed E-state index contributed by atoms with van der Waals surface area (Å²) in [5, 5.41) is 3.27. The normalized spacial score (nSPS) is 18.5. The van der Waals surface area contributed by atoms with Gasteiger partial charge < -0.3 is 14.8 Å². The van der Waals surface area contributed by atoms with Gasteiger partial charge in [0.05, 0.1) is 25.7 Å². The number of benzene rings is 2. The molecule has 0 amide bonds. The van der Waals surface area contributed by atoms with Crippen LogP contribution in [-0.4, -0.2) is 26.2 Å². The van der Waals surface area contributed by atoms with Crippen LogP contribution in [0.2, 0.25) is 0 Å². The van der Waals surface area contributed by atoms with E-state index in [0.717, 1.165) is 16.8 Å². The Morgan fingerprint density at radius 2 is 1.57 bits per heavy atom. The first-order valence-corrected chi connectivity index (χ1v) is 9.53. The Morgan fingerprint density at radius 3 is 2.13 bits per heavy atom. The maximum atomic E-state index is 13.6. The molecule has 5 nitrogen and oxygen atoms in total. The lowest BCUT2D eigenvalue weighted by Gasteiger charge is -2.33. The number of hydrogen-bond donors (Lipinski definition) is 1. The fraction of sp³-hybridized carbons (Fsp3) is 0.250. The number of esters is 2. The molecule has 0 heterocycles. The number of aryl methyl sites for hydroxylation is 1. The molecule has 1 aliphatic carbocycles. The Kier molecular flexibility index (Phi) is 6.35. The first-order chi connectivity index (χ1) is 14.3. The van der Waals surface area contributed by atoms with E-state index in [4.69, 9.17) is 9.47 Å². The van der Waals surface area contributed by atoms with Gasteiger partial charge in [0.2, 0.25) is 0 Å². The zero-order valence-corrected chi connectivity index (χ0v) is 17.4. The molecule has 2 aromatic carbocycles. The molecule has 0 unspecified atom stereocenters. The fourth-order valence-corrected chi connectivity index (χ4v) is 3.71. The summed E-state index contributed by atoms with van der Waals surface area (Å²) in [6, 6.07) is 13.5. The first-order valence-electron chi connectivity index (χ1n) is 9.53. The Bertz CT molecular complexity index is 1010. The molecule has 3 rings (SSSR count). The summed E-state index contributed by atoms with van der Waals surface area (Å²) in [6.45, 7) is 3.79. The molecular formula is C24H24FNO4. The number of rotatable bonds is 5. The minimum absolute atomic E-state index is 0.283. The summed E-state index contributed by atoms with van der Waals surface area (Å²) in [6.07, 6.45) is 1.76. The Labute approximate surface area is 175 Å². The number of anilines is 1. The third-order valence-corrected chi connectivity index (χ3v) is 5.22. The molecule has 0 saturated carbocycles. The Balaban J connectivity index is 2.19. The summed E-state index contributed by atoms with van der Waals surface area (Å²) < 4.78 is 23.6. The Morgan fingerprint density at radius 1 is 0.933 bits per heavy atom. The minimum Gasteiger partial charge on any atom is -0.469 e. The molecule has 1 N–H and O–H groups in total. The van der Waals surface area contributed by atoms with Crippen LogP contribution < -0.4 is 5.32 Å². The molecule has 2 aromatic rings. The van der Waals surface area contributed by atoms with Gasteiger partial charge in [-0.15, -0.1) is 0 Å². The standard InChI is InChI=1S/C24H24FNO4/c1-14-5-11-18(12-6-14)26-19-13-15(2)20(23(27)29-3)21(22(19)24(28)30-4)16-7-9-17(25)10-8-16/h5-13,20-21,26H,1-4H3/t20-,21+/m0/s1. The molecule has 0 radical (unpaired) electrons. The predicted molar refractivity (Wildman–Crippen MR) is 112 cm³/mol. The van der Waals surface area contributed by atoms with Crippen LogP contribution in [0.4, 0.5) is 10.1 Å². The zero-order chi connectivity index (χ0) is 21.8. The van der Waals surface area contributed by atoms with E-state index in [9.17, 15) is 14.0 Å².